The number of aliphatic hydroxyl groups is 1. The normalized spacial score (nSPS) is 31.0. The second-order valence-corrected chi connectivity index (χ2v) is 6.92. The first kappa shape index (κ1) is 16.4. The highest BCUT2D eigenvalue weighted by Gasteiger charge is 2.31. The van der Waals surface area contributed by atoms with Crippen LogP contribution in [0.15, 0.2) is 30.3 Å². The third-order valence-corrected chi connectivity index (χ3v) is 5.05. The number of hydrogen-bond acceptors (Lipinski definition) is 4. The van der Waals surface area contributed by atoms with Gasteiger partial charge in [-0.1, -0.05) is 36.8 Å². The molecule has 0 aromatic heterocycles. The van der Waals surface area contributed by atoms with Crippen LogP contribution in [-0.4, -0.2) is 41.7 Å². The van der Waals surface area contributed by atoms with Crippen LogP contribution in [0.1, 0.15) is 43.7 Å². The molecule has 0 radical (unpaired) electrons. The van der Waals surface area contributed by atoms with Crippen molar-refractivity contribution in [3.8, 4) is 0 Å². The number of hydrazine groups is 1. The maximum absolute atomic E-state index is 12.5. The van der Waals surface area contributed by atoms with Gasteiger partial charge in [0.2, 0.25) is 5.91 Å². The molecule has 1 saturated heterocycles. The summed E-state index contributed by atoms with van der Waals surface area (Å²) in [5.74, 6) is 0.164. The molecule has 4 atom stereocenters. The lowest BCUT2D eigenvalue weighted by molar-refractivity contribution is -0.136. The van der Waals surface area contributed by atoms with E-state index in [9.17, 15) is 9.90 Å². The summed E-state index contributed by atoms with van der Waals surface area (Å²) < 4.78 is 0. The Morgan fingerprint density at radius 2 is 2.00 bits per heavy atom. The number of nitrogens with zero attached hydrogens (tertiary/aromatic N) is 1. The number of hydrogen-bond donors (Lipinski definition) is 3. The van der Waals surface area contributed by atoms with E-state index in [-0.39, 0.29) is 24.0 Å². The van der Waals surface area contributed by atoms with Gasteiger partial charge in [0.1, 0.15) is 0 Å². The van der Waals surface area contributed by atoms with E-state index in [2.05, 4.69) is 23.0 Å². The van der Waals surface area contributed by atoms with Gasteiger partial charge in [-0.15, -0.1) is 0 Å². The van der Waals surface area contributed by atoms with E-state index in [1.165, 1.54) is 5.56 Å². The monoisotopic (exact) mass is 317 g/mol. The third-order valence-electron chi connectivity index (χ3n) is 5.05. The summed E-state index contributed by atoms with van der Waals surface area (Å²) in [6.07, 6.45) is 3.97. The van der Waals surface area contributed by atoms with Gasteiger partial charge in [0, 0.05) is 31.6 Å². The lowest BCUT2D eigenvalue weighted by atomic mass is 9.86. The van der Waals surface area contributed by atoms with Gasteiger partial charge in [0.25, 0.3) is 0 Å². The van der Waals surface area contributed by atoms with Crippen LogP contribution in [0.2, 0.25) is 0 Å². The average Bonchev–Trinajstić information content (AvgIpc) is 3.03. The minimum atomic E-state index is -0.306. The second-order valence-electron chi connectivity index (χ2n) is 6.92. The highest BCUT2D eigenvalue weighted by atomic mass is 16.3. The predicted octanol–water partition coefficient (Wildman–Crippen LogP) is 1.60. The topological polar surface area (TPSA) is 64.6 Å². The summed E-state index contributed by atoms with van der Waals surface area (Å²) in [6, 6.07) is 10.9. The van der Waals surface area contributed by atoms with Crippen molar-refractivity contribution in [2.45, 2.75) is 50.3 Å². The first-order valence-corrected chi connectivity index (χ1v) is 8.62. The molecule has 1 aromatic carbocycles. The number of rotatable bonds is 4. The van der Waals surface area contributed by atoms with Gasteiger partial charge in [-0.2, -0.15) is 0 Å². The summed E-state index contributed by atoms with van der Waals surface area (Å²) in [7, 11) is 1.88. The van der Waals surface area contributed by atoms with Crippen LogP contribution in [0.25, 0.3) is 0 Å². The molecule has 3 N–H and O–H groups in total. The van der Waals surface area contributed by atoms with E-state index in [0.29, 0.717) is 19.0 Å². The molecule has 3 rings (SSSR count). The zero-order chi connectivity index (χ0) is 16.2. The summed E-state index contributed by atoms with van der Waals surface area (Å²) in [5, 5.41) is 9.76. The van der Waals surface area contributed by atoms with Crippen LogP contribution in [0.4, 0.5) is 0 Å². The van der Waals surface area contributed by atoms with E-state index in [0.717, 1.165) is 25.7 Å². The maximum atomic E-state index is 12.5. The molecule has 5 heteroatoms. The van der Waals surface area contributed by atoms with Gasteiger partial charge in [0.05, 0.1) is 6.10 Å². The molecule has 2 unspecified atom stereocenters. The Balaban J connectivity index is 1.50. The summed E-state index contributed by atoms with van der Waals surface area (Å²) >= 11 is 0. The molecular formula is C18H27N3O2. The maximum Gasteiger partial charge on any atom is 0.225 e. The minimum Gasteiger partial charge on any atom is -0.393 e. The van der Waals surface area contributed by atoms with E-state index in [1.54, 1.807) is 0 Å². The Bertz CT molecular complexity index is 522. The van der Waals surface area contributed by atoms with Gasteiger partial charge in [-0.25, -0.2) is 5.43 Å². The van der Waals surface area contributed by atoms with Crippen LogP contribution in [0.3, 0.4) is 0 Å². The highest BCUT2D eigenvalue weighted by Crippen LogP contribution is 2.26. The standard InChI is InChI=1S/C18H27N3O2/c1-21(18(23)14-8-5-9-16(22)10-14)12-15-11-17(20-19-15)13-6-3-2-4-7-13/h2-4,6-7,14-17,19-20,22H,5,8-12H2,1H3/t14-,15?,16-,17?/m1/s1. The summed E-state index contributed by atoms with van der Waals surface area (Å²) in [6.45, 7) is 0.696. The Morgan fingerprint density at radius 1 is 1.22 bits per heavy atom. The fourth-order valence-corrected chi connectivity index (χ4v) is 3.77. The van der Waals surface area contributed by atoms with E-state index in [1.807, 2.05) is 30.1 Å². The Kier molecular flexibility index (Phi) is 5.30. The molecule has 1 amide bonds. The Morgan fingerprint density at radius 3 is 2.74 bits per heavy atom. The quantitative estimate of drug-likeness (QED) is 0.789. The molecule has 0 spiro atoms. The third kappa shape index (κ3) is 4.10. The van der Waals surface area contributed by atoms with Crippen molar-refractivity contribution in [1.29, 1.82) is 0 Å². The molecule has 0 bridgehead atoms. The van der Waals surface area contributed by atoms with Gasteiger partial charge in [0.15, 0.2) is 0 Å². The zero-order valence-electron chi connectivity index (χ0n) is 13.7. The average molecular weight is 317 g/mol. The van der Waals surface area contributed by atoms with Crippen molar-refractivity contribution in [3.05, 3.63) is 35.9 Å². The Hall–Kier alpha value is -1.43. The van der Waals surface area contributed by atoms with Crippen LogP contribution >= 0.6 is 0 Å². The molecule has 1 aliphatic carbocycles. The van der Waals surface area contributed by atoms with E-state index in [4.69, 9.17) is 0 Å². The van der Waals surface area contributed by atoms with Crippen LogP contribution in [-0.2, 0) is 4.79 Å². The predicted molar refractivity (Wildman–Crippen MR) is 89.5 cm³/mol. The van der Waals surface area contributed by atoms with E-state index < -0.39 is 0 Å². The first-order chi connectivity index (χ1) is 11.1. The number of nitrogens with one attached hydrogen (secondary N) is 2. The number of aliphatic hydroxyl groups excluding tert-OH is 1. The van der Waals surface area contributed by atoms with E-state index >= 15 is 0 Å². The molecule has 1 heterocycles. The van der Waals surface area contributed by atoms with Gasteiger partial charge in [-0.05, 0) is 31.2 Å². The van der Waals surface area contributed by atoms with Crippen LogP contribution in [0.5, 0.6) is 0 Å². The lowest BCUT2D eigenvalue weighted by Gasteiger charge is -2.30. The number of amides is 1. The Labute approximate surface area is 138 Å². The van der Waals surface area contributed by atoms with Crippen LogP contribution in [0, 0.1) is 5.92 Å². The molecule has 1 aliphatic heterocycles. The zero-order valence-corrected chi connectivity index (χ0v) is 13.7. The van der Waals surface area contributed by atoms with Gasteiger partial charge in [-0.3, -0.25) is 10.2 Å². The number of carbonyl (C=O) groups excluding carboxylic acids is 1. The van der Waals surface area contributed by atoms with Gasteiger partial charge < -0.3 is 10.0 Å². The van der Waals surface area contributed by atoms with Crippen molar-refractivity contribution in [3.63, 3.8) is 0 Å². The highest BCUT2D eigenvalue weighted by molar-refractivity contribution is 5.78. The number of likely N-dealkylation sites (N-methyl/N-ethyl adjacent to an activating group) is 1. The van der Waals surface area contributed by atoms with Crippen molar-refractivity contribution in [1.82, 2.24) is 15.8 Å². The van der Waals surface area contributed by atoms with Crippen molar-refractivity contribution in [2.24, 2.45) is 5.92 Å². The minimum absolute atomic E-state index is 0.0111. The summed E-state index contributed by atoms with van der Waals surface area (Å²) in [4.78, 5) is 14.4. The number of benzene rings is 1. The number of carbonyl (C=O) groups is 1. The smallest absolute Gasteiger partial charge is 0.225 e. The molecule has 2 fully saturated rings. The molecular weight excluding hydrogens is 290 g/mol. The second kappa shape index (κ2) is 7.43. The summed E-state index contributed by atoms with van der Waals surface area (Å²) in [5.41, 5.74) is 7.91. The van der Waals surface area contributed by atoms with Crippen LogP contribution < -0.4 is 10.9 Å². The fourth-order valence-electron chi connectivity index (χ4n) is 3.77. The first-order valence-electron chi connectivity index (χ1n) is 8.62. The molecule has 1 aromatic rings. The molecule has 2 aliphatic rings. The van der Waals surface area contributed by atoms with Crippen molar-refractivity contribution >= 4 is 5.91 Å². The molecule has 5 nitrogen and oxygen atoms in total. The van der Waals surface area contributed by atoms with Crippen molar-refractivity contribution < 1.29 is 9.90 Å². The lowest BCUT2D eigenvalue weighted by Crippen LogP contribution is -2.44. The van der Waals surface area contributed by atoms with Gasteiger partial charge >= 0.3 is 0 Å². The molecule has 1 saturated carbocycles. The largest absolute Gasteiger partial charge is 0.393 e. The fraction of sp³-hybridized carbons (Fsp3) is 0.611. The van der Waals surface area contributed by atoms with Crippen molar-refractivity contribution in [2.75, 3.05) is 13.6 Å². The SMILES string of the molecule is CN(CC1CC(c2ccccc2)NN1)C(=O)[C@@H]1CCC[C@@H](O)C1. The molecule has 126 valence electrons. The molecule has 23 heavy (non-hydrogen) atoms.